The summed E-state index contributed by atoms with van der Waals surface area (Å²) in [6.45, 7) is 4.46. The molecule has 2 rings (SSSR count). The molecule has 0 aromatic carbocycles. The molecule has 1 N–H and O–H groups in total. The normalized spacial score (nSPS) is 18.5. The maximum absolute atomic E-state index is 4.23. The number of hydrogen-bond acceptors (Lipinski definition) is 2. The Labute approximate surface area is 92.1 Å². The second-order valence-corrected chi connectivity index (χ2v) is 4.55. The van der Waals surface area contributed by atoms with Crippen LogP contribution in [0.15, 0.2) is 24.5 Å². The van der Waals surface area contributed by atoms with E-state index >= 15 is 0 Å². The molecule has 0 aliphatic heterocycles. The molecule has 0 amide bonds. The molecule has 0 bridgehead atoms. The summed E-state index contributed by atoms with van der Waals surface area (Å²) in [5, 5.41) is 3.55. The highest BCUT2D eigenvalue weighted by Crippen LogP contribution is 2.42. The lowest BCUT2D eigenvalue weighted by molar-refractivity contribution is 0.233. The zero-order valence-corrected chi connectivity index (χ0v) is 9.50. The highest BCUT2D eigenvalue weighted by molar-refractivity contribution is 5.25. The maximum Gasteiger partial charge on any atom is 0.0306 e. The highest BCUT2D eigenvalue weighted by Gasteiger charge is 2.38. The topological polar surface area (TPSA) is 24.9 Å². The van der Waals surface area contributed by atoms with Crippen molar-refractivity contribution in [2.75, 3.05) is 13.1 Å². The lowest BCUT2D eigenvalue weighted by Gasteiger charge is -2.42. The molecular weight excluding hydrogens is 184 g/mol. The van der Waals surface area contributed by atoms with E-state index in [-0.39, 0.29) is 0 Å². The van der Waals surface area contributed by atoms with Crippen molar-refractivity contribution in [3.8, 4) is 0 Å². The zero-order valence-electron chi connectivity index (χ0n) is 9.50. The molecule has 1 aliphatic carbocycles. The molecule has 1 heterocycles. The van der Waals surface area contributed by atoms with E-state index in [2.05, 4.69) is 29.4 Å². The standard InChI is InChI=1S/C13H20N2/c1-2-8-15-11-13(6-4-7-13)12-5-3-9-14-10-12/h3,5,9-10,15H,2,4,6-8,11H2,1H3. The van der Waals surface area contributed by atoms with Crippen molar-refractivity contribution < 1.29 is 0 Å². The summed E-state index contributed by atoms with van der Waals surface area (Å²) in [6, 6.07) is 4.27. The number of hydrogen-bond donors (Lipinski definition) is 1. The second-order valence-electron chi connectivity index (χ2n) is 4.55. The average molecular weight is 204 g/mol. The van der Waals surface area contributed by atoms with Gasteiger partial charge in [-0.15, -0.1) is 0 Å². The van der Waals surface area contributed by atoms with Crippen molar-refractivity contribution in [3.63, 3.8) is 0 Å². The van der Waals surface area contributed by atoms with Crippen LogP contribution in [0.4, 0.5) is 0 Å². The van der Waals surface area contributed by atoms with E-state index in [0.29, 0.717) is 5.41 Å². The predicted molar refractivity (Wildman–Crippen MR) is 62.9 cm³/mol. The van der Waals surface area contributed by atoms with Gasteiger partial charge in [0.1, 0.15) is 0 Å². The molecular formula is C13H20N2. The van der Waals surface area contributed by atoms with Crippen LogP contribution in [0.25, 0.3) is 0 Å². The smallest absolute Gasteiger partial charge is 0.0306 e. The minimum atomic E-state index is 0.392. The van der Waals surface area contributed by atoms with Crippen molar-refractivity contribution in [1.29, 1.82) is 0 Å². The maximum atomic E-state index is 4.23. The third-order valence-electron chi connectivity index (χ3n) is 3.47. The first kappa shape index (κ1) is 10.6. The van der Waals surface area contributed by atoms with E-state index < -0.39 is 0 Å². The van der Waals surface area contributed by atoms with Gasteiger partial charge in [0.05, 0.1) is 0 Å². The molecule has 0 atom stereocenters. The van der Waals surface area contributed by atoms with Crippen LogP contribution in [0.2, 0.25) is 0 Å². The van der Waals surface area contributed by atoms with Gasteiger partial charge in [-0.3, -0.25) is 4.98 Å². The summed E-state index contributed by atoms with van der Waals surface area (Å²) < 4.78 is 0. The monoisotopic (exact) mass is 204 g/mol. The van der Waals surface area contributed by atoms with Crippen LogP contribution in [-0.2, 0) is 5.41 Å². The third kappa shape index (κ3) is 2.20. The van der Waals surface area contributed by atoms with E-state index in [1.165, 1.54) is 31.2 Å². The quantitative estimate of drug-likeness (QED) is 0.745. The Hall–Kier alpha value is -0.890. The van der Waals surface area contributed by atoms with E-state index in [9.17, 15) is 0 Å². The summed E-state index contributed by atoms with van der Waals surface area (Å²) in [7, 11) is 0. The van der Waals surface area contributed by atoms with E-state index in [1.54, 1.807) is 0 Å². The fraction of sp³-hybridized carbons (Fsp3) is 0.615. The van der Waals surface area contributed by atoms with Crippen LogP contribution in [0.3, 0.4) is 0 Å². The average Bonchev–Trinajstić information content (AvgIpc) is 2.23. The van der Waals surface area contributed by atoms with Crippen LogP contribution in [0.5, 0.6) is 0 Å². The van der Waals surface area contributed by atoms with Crippen molar-refractivity contribution in [3.05, 3.63) is 30.1 Å². The second kappa shape index (κ2) is 4.75. The fourth-order valence-corrected chi connectivity index (χ4v) is 2.35. The van der Waals surface area contributed by atoms with Gasteiger partial charge in [-0.1, -0.05) is 19.4 Å². The van der Waals surface area contributed by atoms with Gasteiger partial charge in [0.25, 0.3) is 0 Å². The van der Waals surface area contributed by atoms with Crippen molar-refractivity contribution in [2.24, 2.45) is 0 Å². The summed E-state index contributed by atoms with van der Waals surface area (Å²) >= 11 is 0. The van der Waals surface area contributed by atoms with Gasteiger partial charge in [-0.05, 0) is 37.4 Å². The minimum absolute atomic E-state index is 0.392. The molecule has 2 heteroatoms. The summed E-state index contributed by atoms with van der Waals surface area (Å²) in [6.07, 6.45) is 9.10. The Kier molecular flexibility index (Phi) is 3.37. The predicted octanol–water partition coefficient (Wildman–Crippen LogP) is 2.50. The minimum Gasteiger partial charge on any atom is -0.316 e. The fourth-order valence-electron chi connectivity index (χ4n) is 2.35. The van der Waals surface area contributed by atoms with Gasteiger partial charge in [-0.2, -0.15) is 0 Å². The highest BCUT2D eigenvalue weighted by atomic mass is 14.9. The summed E-state index contributed by atoms with van der Waals surface area (Å²) in [5.74, 6) is 0. The molecule has 2 nitrogen and oxygen atoms in total. The van der Waals surface area contributed by atoms with Gasteiger partial charge >= 0.3 is 0 Å². The molecule has 1 aromatic heterocycles. The Balaban J connectivity index is 2.02. The van der Waals surface area contributed by atoms with Crippen LogP contribution in [0.1, 0.15) is 38.2 Å². The molecule has 1 saturated carbocycles. The van der Waals surface area contributed by atoms with E-state index in [1.807, 2.05) is 12.4 Å². The van der Waals surface area contributed by atoms with Gasteiger partial charge in [-0.25, -0.2) is 0 Å². The molecule has 0 radical (unpaired) electrons. The molecule has 82 valence electrons. The molecule has 0 spiro atoms. The van der Waals surface area contributed by atoms with Crippen LogP contribution in [-0.4, -0.2) is 18.1 Å². The van der Waals surface area contributed by atoms with Crippen LogP contribution >= 0.6 is 0 Å². The van der Waals surface area contributed by atoms with Crippen molar-refractivity contribution in [1.82, 2.24) is 10.3 Å². The van der Waals surface area contributed by atoms with Gasteiger partial charge < -0.3 is 5.32 Å². The van der Waals surface area contributed by atoms with Crippen molar-refractivity contribution in [2.45, 2.75) is 38.0 Å². The Morgan fingerprint density at radius 1 is 1.47 bits per heavy atom. The lowest BCUT2D eigenvalue weighted by atomic mass is 9.65. The van der Waals surface area contributed by atoms with Gasteiger partial charge in [0, 0.05) is 24.4 Å². The molecule has 1 aliphatic rings. The number of aromatic nitrogens is 1. The Morgan fingerprint density at radius 2 is 2.33 bits per heavy atom. The van der Waals surface area contributed by atoms with E-state index in [0.717, 1.165) is 13.1 Å². The largest absolute Gasteiger partial charge is 0.316 e. The number of nitrogens with zero attached hydrogens (tertiary/aromatic N) is 1. The number of rotatable bonds is 5. The Bertz CT molecular complexity index is 291. The molecule has 1 fully saturated rings. The molecule has 0 unspecified atom stereocenters. The summed E-state index contributed by atoms with van der Waals surface area (Å²) in [4.78, 5) is 4.23. The molecule has 0 saturated heterocycles. The number of nitrogens with one attached hydrogen (secondary N) is 1. The van der Waals surface area contributed by atoms with Gasteiger partial charge in [0.15, 0.2) is 0 Å². The van der Waals surface area contributed by atoms with Crippen LogP contribution < -0.4 is 5.32 Å². The third-order valence-corrected chi connectivity index (χ3v) is 3.47. The first-order chi connectivity index (χ1) is 7.37. The first-order valence-corrected chi connectivity index (χ1v) is 5.99. The Morgan fingerprint density at radius 3 is 2.87 bits per heavy atom. The first-order valence-electron chi connectivity index (χ1n) is 5.99. The molecule has 1 aromatic rings. The zero-order chi connectivity index (χ0) is 10.6. The summed E-state index contributed by atoms with van der Waals surface area (Å²) in [5.41, 5.74) is 1.81. The van der Waals surface area contributed by atoms with Crippen molar-refractivity contribution >= 4 is 0 Å². The number of pyridine rings is 1. The van der Waals surface area contributed by atoms with Gasteiger partial charge in [0.2, 0.25) is 0 Å². The SMILES string of the molecule is CCCNCC1(c2cccnc2)CCC1. The molecule has 15 heavy (non-hydrogen) atoms. The van der Waals surface area contributed by atoms with E-state index in [4.69, 9.17) is 0 Å². The van der Waals surface area contributed by atoms with Crippen LogP contribution in [0, 0.1) is 0 Å². The lowest BCUT2D eigenvalue weighted by Crippen LogP contribution is -2.44.